The molecule has 0 unspecified atom stereocenters. The van der Waals surface area contributed by atoms with Crippen molar-refractivity contribution in [2.45, 2.75) is 26.4 Å². The molecular weight excluding hydrogens is 330 g/mol. The van der Waals surface area contributed by atoms with Gasteiger partial charge in [-0.05, 0) is 24.1 Å². The molecule has 1 fully saturated rings. The summed E-state index contributed by atoms with van der Waals surface area (Å²) in [5, 5.41) is 7.57. The van der Waals surface area contributed by atoms with E-state index in [2.05, 4.69) is 35.0 Å². The van der Waals surface area contributed by atoms with Crippen molar-refractivity contribution in [3.05, 3.63) is 41.7 Å². The van der Waals surface area contributed by atoms with Crippen LogP contribution >= 0.6 is 0 Å². The minimum atomic E-state index is 0.0480. The number of benzene rings is 1. The number of ether oxygens (including phenoxy) is 3. The van der Waals surface area contributed by atoms with Crippen molar-refractivity contribution in [2.24, 2.45) is 5.92 Å². The lowest BCUT2D eigenvalue weighted by Crippen LogP contribution is -2.40. The lowest BCUT2D eigenvalue weighted by Gasteiger charge is -2.33. The zero-order chi connectivity index (χ0) is 18.4. The number of nitrogens with zero attached hydrogens (tertiary/aromatic N) is 2. The average Bonchev–Trinajstić information content (AvgIpc) is 3.10. The summed E-state index contributed by atoms with van der Waals surface area (Å²) in [6.45, 7) is 8.85. The maximum atomic E-state index is 5.92. The van der Waals surface area contributed by atoms with Crippen molar-refractivity contribution in [2.75, 3.05) is 40.0 Å². The molecule has 1 aromatic carbocycles. The molecule has 2 aromatic rings. The van der Waals surface area contributed by atoms with Crippen molar-refractivity contribution in [1.29, 1.82) is 0 Å². The van der Waals surface area contributed by atoms with E-state index < -0.39 is 0 Å². The number of H-pyrrole nitrogens is 1. The Labute approximate surface area is 155 Å². The molecule has 142 valence electrons. The Morgan fingerprint density at radius 3 is 2.96 bits per heavy atom. The van der Waals surface area contributed by atoms with Gasteiger partial charge in [0.15, 0.2) is 0 Å². The number of nitrogens with one attached hydrogen (secondary N) is 1. The highest BCUT2D eigenvalue weighted by Gasteiger charge is 2.24. The molecule has 6 nitrogen and oxygen atoms in total. The second-order valence-corrected chi connectivity index (χ2v) is 7.11. The number of hydrogen-bond donors (Lipinski definition) is 1. The van der Waals surface area contributed by atoms with Gasteiger partial charge in [0.2, 0.25) is 0 Å². The number of hydrogen-bond acceptors (Lipinski definition) is 5. The van der Waals surface area contributed by atoms with E-state index in [4.69, 9.17) is 14.2 Å². The van der Waals surface area contributed by atoms with Crippen LogP contribution in [0.1, 0.15) is 31.3 Å². The highest BCUT2D eigenvalue weighted by Crippen LogP contribution is 2.22. The molecular formula is C20H29N3O3. The summed E-state index contributed by atoms with van der Waals surface area (Å²) in [6, 6.07) is 9.74. The predicted octanol–water partition coefficient (Wildman–Crippen LogP) is 3.07. The minimum absolute atomic E-state index is 0.0480. The van der Waals surface area contributed by atoms with Crippen LogP contribution in [0.3, 0.4) is 0 Å². The normalized spacial score (nSPS) is 18.2. The predicted molar refractivity (Wildman–Crippen MR) is 101 cm³/mol. The molecule has 0 bridgehead atoms. The van der Waals surface area contributed by atoms with Gasteiger partial charge in [-0.1, -0.05) is 19.9 Å². The topological polar surface area (TPSA) is 59.6 Å². The van der Waals surface area contributed by atoms with Gasteiger partial charge in [-0.2, -0.15) is 5.10 Å². The Hall–Kier alpha value is -2.05. The molecule has 0 spiro atoms. The number of rotatable bonds is 8. The van der Waals surface area contributed by atoms with E-state index in [9.17, 15) is 0 Å². The van der Waals surface area contributed by atoms with Crippen LogP contribution < -0.4 is 9.47 Å². The van der Waals surface area contributed by atoms with Gasteiger partial charge in [-0.3, -0.25) is 10.00 Å². The molecule has 1 atom stereocenters. The first-order chi connectivity index (χ1) is 12.6. The molecule has 26 heavy (non-hydrogen) atoms. The zero-order valence-corrected chi connectivity index (χ0v) is 15.9. The second kappa shape index (κ2) is 9.05. The lowest BCUT2D eigenvalue weighted by molar-refractivity contribution is -0.0352. The average molecular weight is 359 g/mol. The summed E-state index contributed by atoms with van der Waals surface area (Å²) in [7, 11) is 1.65. The van der Waals surface area contributed by atoms with E-state index >= 15 is 0 Å². The third kappa shape index (κ3) is 5.22. The number of aromatic amines is 1. The van der Waals surface area contributed by atoms with E-state index in [1.54, 1.807) is 7.11 Å². The van der Waals surface area contributed by atoms with E-state index in [0.29, 0.717) is 12.5 Å². The highest BCUT2D eigenvalue weighted by atomic mass is 16.5. The maximum absolute atomic E-state index is 5.92. The van der Waals surface area contributed by atoms with Gasteiger partial charge in [0.25, 0.3) is 0 Å². The van der Waals surface area contributed by atoms with Crippen LogP contribution in [0.5, 0.6) is 11.5 Å². The molecule has 0 saturated carbocycles. The quantitative estimate of drug-likeness (QED) is 0.785. The van der Waals surface area contributed by atoms with Crippen LogP contribution in [0.4, 0.5) is 0 Å². The Morgan fingerprint density at radius 1 is 1.31 bits per heavy atom. The van der Waals surface area contributed by atoms with Crippen LogP contribution in [0, 0.1) is 5.92 Å². The zero-order valence-electron chi connectivity index (χ0n) is 15.9. The van der Waals surface area contributed by atoms with Crippen LogP contribution in [0.2, 0.25) is 0 Å². The van der Waals surface area contributed by atoms with Gasteiger partial charge >= 0.3 is 0 Å². The van der Waals surface area contributed by atoms with Gasteiger partial charge in [0.05, 0.1) is 26.0 Å². The van der Waals surface area contributed by atoms with Crippen molar-refractivity contribution in [1.82, 2.24) is 15.1 Å². The number of morpholine rings is 1. The SMILES string of the molecule is COc1cccc(OCCc2cc([C@@H]3CN(CC(C)C)CCO3)n[nH]2)c1. The van der Waals surface area contributed by atoms with Crippen LogP contribution in [-0.4, -0.2) is 55.1 Å². The fourth-order valence-electron chi connectivity index (χ4n) is 3.21. The summed E-state index contributed by atoms with van der Waals surface area (Å²) in [6.07, 6.45) is 0.818. The smallest absolute Gasteiger partial charge is 0.123 e. The molecule has 0 amide bonds. The van der Waals surface area contributed by atoms with Crippen molar-refractivity contribution < 1.29 is 14.2 Å². The Kier molecular flexibility index (Phi) is 6.52. The van der Waals surface area contributed by atoms with E-state index in [1.807, 2.05) is 24.3 Å². The van der Waals surface area contributed by atoms with Crippen molar-refractivity contribution >= 4 is 0 Å². The molecule has 0 radical (unpaired) electrons. The molecule has 1 N–H and O–H groups in total. The monoisotopic (exact) mass is 359 g/mol. The summed E-state index contributed by atoms with van der Waals surface area (Å²) in [5.41, 5.74) is 2.04. The van der Waals surface area contributed by atoms with Gasteiger partial charge in [0.1, 0.15) is 17.6 Å². The van der Waals surface area contributed by atoms with Gasteiger partial charge in [-0.25, -0.2) is 0 Å². The standard InChI is InChI=1S/C20H29N3O3/c1-15(2)13-23-8-10-26-20(14-23)19-11-16(21-22-19)7-9-25-18-6-4-5-17(12-18)24-3/h4-6,11-12,15,20H,7-10,13-14H2,1-3H3,(H,21,22)/t20-/m0/s1. The first-order valence-electron chi connectivity index (χ1n) is 9.29. The highest BCUT2D eigenvalue weighted by molar-refractivity contribution is 5.32. The van der Waals surface area contributed by atoms with Crippen LogP contribution in [0.15, 0.2) is 30.3 Å². The molecule has 0 aliphatic carbocycles. The summed E-state index contributed by atoms with van der Waals surface area (Å²) < 4.78 is 16.9. The largest absolute Gasteiger partial charge is 0.497 e. The third-order valence-corrected chi connectivity index (χ3v) is 4.44. The number of methoxy groups -OCH3 is 1. The summed E-state index contributed by atoms with van der Waals surface area (Å²) in [4.78, 5) is 2.46. The minimum Gasteiger partial charge on any atom is -0.497 e. The fraction of sp³-hybridized carbons (Fsp3) is 0.550. The molecule has 1 aliphatic rings. The molecule has 1 aromatic heterocycles. The third-order valence-electron chi connectivity index (χ3n) is 4.44. The maximum Gasteiger partial charge on any atom is 0.123 e. The van der Waals surface area contributed by atoms with Crippen molar-refractivity contribution in [3.8, 4) is 11.5 Å². The number of aromatic nitrogens is 2. The molecule has 2 heterocycles. The van der Waals surface area contributed by atoms with Gasteiger partial charge in [-0.15, -0.1) is 0 Å². The first-order valence-corrected chi connectivity index (χ1v) is 9.29. The van der Waals surface area contributed by atoms with E-state index in [-0.39, 0.29) is 6.10 Å². The van der Waals surface area contributed by atoms with E-state index in [0.717, 1.165) is 55.5 Å². The Balaban J connectivity index is 1.49. The molecule has 6 heteroatoms. The Bertz CT molecular complexity index is 686. The first kappa shape index (κ1) is 18.7. The van der Waals surface area contributed by atoms with Crippen molar-refractivity contribution in [3.63, 3.8) is 0 Å². The molecule has 1 aliphatic heterocycles. The second-order valence-electron chi connectivity index (χ2n) is 7.11. The molecule has 3 rings (SSSR count). The van der Waals surface area contributed by atoms with Gasteiger partial charge in [0, 0.05) is 37.8 Å². The van der Waals surface area contributed by atoms with E-state index in [1.165, 1.54) is 0 Å². The summed E-state index contributed by atoms with van der Waals surface area (Å²) in [5.74, 6) is 2.27. The Morgan fingerprint density at radius 2 is 2.15 bits per heavy atom. The van der Waals surface area contributed by atoms with Gasteiger partial charge < -0.3 is 14.2 Å². The lowest BCUT2D eigenvalue weighted by atomic mass is 10.1. The fourth-order valence-corrected chi connectivity index (χ4v) is 3.21. The summed E-state index contributed by atoms with van der Waals surface area (Å²) >= 11 is 0. The van der Waals surface area contributed by atoms with Crippen LogP contribution in [-0.2, 0) is 11.2 Å². The van der Waals surface area contributed by atoms with Crippen LogP contribution in [0.25, 0.3) is 0 Å². The molecule has 1 saturated heterocycles.